The first-order valence-electron chi connectivity index (χ1n) is 4.78. The molecule has 0 spiro atoms. The van der Waals surface area contributed by atoms with Crippen molar-refractivity contribution < 1.29 is 9.90 Å². The summed E-state index contributed by atoms with van der Waals surface area (Å²) in [5, 5.41) is 11.1. The lowest BCUT2D eigenvalue weighted by Gasteiger charge is -1.96. The van der Waals surface area contributed by atoms with Gasteiger partial charge in [-0.15, -0.1) is 0 Å². The van der Waals surface area contributed by atoms with E-state index in [1.807, 2.05) is 30.3 Å². The van der Waals surface area contributed by atoms with Crippen LogP contribution in [0.15, 0.2) is 30.3 Å². The van der Waals surface area contributed by atoms with Crippen LogP contribution >= 0.6 is 0 Å². The molecule has 3 heteroatoms. The van der Waals surface area contributed by atoms with Crippen LogP contribution in [0.2, 0.25) is 0 Å². The molecule has 1 aromatic carbocycles. The van der Waals surface area contributed by atoms with Gasteiger partial charge in [0.2, 0.25) is 0 Å². The van der Waals surface area contributed by atoms with Gasteiger partial charge in [-0.05, 0) is 18.6 Å². The van der Waals surface area contributed by atoms with Gasteiger partial charge < -0.3 is 10.4 Å². The van der Waals surface area contributed by atoms with Crippen LogP contribution < -0.4 is 5.32 Å². The van der Waals surface area contributed by atoms with Crippen LogP contribution in [-0.2, 0) is 4.79 Å². The molecule has 0 aliphatic carbocycles. The molecule has 0 unspecified atom stereocenters. The molecular weight excluding hydrogens is 190 g/mol. The number of rotatable bonds is 3. The third-order valence-electron chi connectivity index (χ3n) is 1.71. The lowest BCUT2D eigenvalue weighted by Crippen LogP contribution is -2.23. The third-order valence-corrected chi connectivity index (χ3v) is 1.71. The van der Waals surface area contributed by atoms with Crippen molar-refractivity contribution in [1.82, 2.24) is 5.32 Å². The summed E-state index contributed by atoms with van der Waals surface area (Å²) in [6.07, 6.45) is 0.554. The molecule has 1 rings (SSSR count). The zero-order valence-electron chi connectivity index (χ0n) is 8.36. The largest absolute Gasteiger partial charge is 0.396 e. The molecule has 78 valence electrons. The van der Waals surface area contributed by atoms with Crippen molar-refractivity contribution in [1.29, 1.82) is 0 Å². The Morgan fingerprint density at radius 2 is 2.07 bits per heavy atom. The van der Waals surface area contributed by atoms with Crippen LogP contribution in [0.4, 0.5) is 0 Å². The molecule has 15 heavy (non-hydrogen) atoms. The molecule has 1 amide bonds. The van der Waals surface area contributed by atoms with Crippen molar-refractivity contribution in [3.8, 4) is 11.8 Å². The minimum absolute atomic E-state index is 0.0758. The van der Waals surface area contributed by atoms with Crippen molar-refractivity contribution in [2.45, 2.75) is 6.42 Å². The Labute approximate surface area is 89.1 Å². The van der Waals surface area contributed by atoms with E-state index in [2.05, 4.69) is 17.2 Å². The van der Waals surface area contributed by atoms with Gasteiger partial charge in [0, 0.05) is 24.6 Å². The second-order valence-electron chi connectivity index (χ2n) is 2.95. The number of carbonyl (C=O) groups is 1. The summed E-state index contributed by atoms with van der Waals surface area (Å²) in [5.41, 5.74) is 0.815. The molecule has 0 aliphatic rings. The maximum atomic E-state index is 11.1. The van der Waals surface area contributed by atoms with E-state index in [0.717, 1.165) is 5.56 Å². The number of carbonyl (C=O) groups excluding carboxylic acids is 1. The predicted molar refractivity (Wildman–Crippen MR) is 58.0 cm³/mol. The van der Waals surface area contributed by atoms with Gasteiger partial charge >= 0.3 is 0 Å². The van der Waals surface area contributed by atoms with Crippen molar-refractivity contribution in [3.63, 3.8) is 0 Å². The molecule has 0 aromatic heterocycles. The molecule has 0 atom stereocenters. The van der Waals surface area contributed by atoms with Crippen molar-refractivity contribution >= 4 is 5.91 Å². The first kappa shape index (κ1) is 11.3. The summed E-state index contributed by atoms with van der Waals surface area (Å²) in [6.45, 7) is 0.533. The van der Waals surface area contributed by atoms with Crippen LogP contribution in [0, 0.1) is 11.8 Å². The molecule has 0 heterocycles. The summed E-state index contributed by atoms with van der Waals surface area (Å²) >= 11 is 0. The lowest BCUT2D eigenvalue weighted by atomic mass is 10.2. The Morgan fingerprint density at radius 1 is 1.33 bits per heavy atom. The highest BCUT2D eigenvalue weighted by molar-refractivity contribution is 5.94. The lowest BCUT2D eigenvalue weighted by molar-refractivity contribution is -0.115. The standard InChI is InChI=1S/C12H13NO2/c14-10-4-9-13-12(15)8-7-11-5-2-1-3-6-11/h1-3,5-6,14H,4,9-10H2,(H,13,15). The SMILES string of the molecule is O=C(C#Cc1ccccc1)NCCCO. The van der Waals surface area contributed by atoms with E-state index in [4.69, 9.17) is 5.11 Å². The summed E-state index contributed by atoms with van der Waals surface area (Å²) in [6, 6.07) is 9.32. The Bertz CT molecular complexity index is 362. The summed E-state index contributed by atoms with van der Waals surface area (Å²) < 4.78 is 0. The molecule has 0 saturated carbocycles. The molecule has 1 aromatic rings. The van der Waals surface area contributed by atoms with Crippen LogP contribution in [0.5, 0.6) is 0 Å². The number of hydrogen-bond donors (Lipinski definition) is 2. The molecule has 2 N–H and O–H groups in total. The quantitative estimate of drug-likeness (QED) is 0.556. The minimum Gasteiger partial charge on any atom is -0.396 e. The molecule has 0 saturated heterocycles. The molecule has 0 fully saturated rings. The monoisotopic (exact) mass is 203 g/mol. The highest BCUT2D eigenvalue weighted by Crippen LogP contribution is 1.94. The van der Waals surface area contributed by atoms with E-state index in [0.29, 0.717) is 13.0 Å². The maximum absolute atomic E-state index is 11.1. The number of benzene rings is 1. The van der Waals surface area contributed by atoms with Gasteiger partial charge in [-0.1, -0.05) is 24.1 Å². The highest BCUT2D eigenvalue weighted by Gasteiger charge is 1.92. The Morgan fingerprint density at radius 3 is 2.73 bits per heavy atom. The van der Waals surface area contributed by atoms with Gasteiger partial charge in [0.1, 0.15) is 0 Å². The fourth-order valence-electron chi connectivity index (χ4n) is 0.976. The number of aliphatic hydroxyl groups is 1. The average Bonchev–Trinajstić information content (AvgIpc) is 2.28. The summed E-state index contributed by atoms with van der Waals surface area (Å²) in [5.74, 6) is 4.91. The highest BCUT2D eigenvalue weighted by atomic mass is 16.3. The minimum atomic E-state index is -0.313. The van der Waals surface area contributed by atoms with Gasteiger partial charge in [0.15, 0.2) is 0 Å². The van der Waals surface area contributed by atoms with Gasteiger partial charge in [0.25, 0.3) is 5.91 Å². The Kier molecular flexibility index (Phi) is 4.99. The van der Waals surface area contributed by atoms with E-state index in [9.17, 15) is 4.79 Å². The Balaban J connectivity index is 2.41. The van der Waals surface area contributed by atoms with E-state index < -0.39 is 0 Å². The maximum Gasteiger partial charge on any atom is 0.296 e. The fourth-order valence-corrected chi connectivity index (χ4v) is 0.976. The molecule has 0 aliphatic heterocycles. The smallest absolute Gasteiger partial charge is 0.296 e. The van der Waals surface area contributed by atoms with Gasteiger partial charge in [-0.3, -0.25) is 4.79 Å². The Hall–Kier alpha value is -1.79. The number of nitrogens with one attached hydrogen (secondary N) is 1. The first-order chi connectivity index (χ1) is 7.33. The van der Waals surface area contributed by atoms with E-state index >= 15 is 0 Å². The van der Waals surface area contributed by atoms with Crippen molar-refractivity contribution in [3.05, 3.63) is 35.9 Å². The topological polar surface area (TPSA) is 49.3 Å². The van der Waals surface area contributed by atoms with Gasteiger partial charge in [0.05, 0.1) is 0 Å². The summed E-state index contributed by atoms with van der Waals surface area (Å²) in [4.78, 5) is 11.1. The van der Waals surface area contributed by atoms with E-state index in [1.54, 1.807) is 0 Å². The van der Waals surface area contributed by atoms with E-state index in [-0.39, 0.29) is 12.5 Å². The number of aliphatic hydroxyl groups excluding tert-OH is 1. The zero-order valence-corrected chi connectivity index (χ0v) is 8.36. The molecular formula is C12H13NO2. The van der Waals surface area contributed by atoms with Crippen molar-refractivity contribution in [2.75, 3.05) is 13.2 Å². The van der Waals surface area contributed by atoms with Crippen LogP contribution in [0.25, 0.3) is 0 Å². The number of amides is 1. The predicted octanol–water partition coefficient (Wildman–Crippen LogP) is 0.537. The van der Waals surface area contributed by atoms with Crippen molar-refractivity contribution in [2.24, 2.45) is 0 Å². The molecule has 0 radical (unpaired) electrons. The number of hydrogen-bond acceptors (Lipinski definition) is 2. The van der Waals surface area contributed by atoms with Gasteiger partial charge in [-0.25, -0.2) is 0 Å². The molecule has 3 nitrogen and oxygen atoms in total. The molecule has 0 bridgehead atoms. The second kappa shape index (κ2) is 6.63. The fraction of sp³-hybridized carbons (Fsp3) is 0.250. The zero-order chi connectivity index (χ0) is 10.9. The van der Waals surface area contributed by atoms with E-state index in [1.165, 1.54) is 0 Å². The first-order valence-corrected chi connectivity index (χ1v) is 4.78. The third kappa shape index (κ3) is 4.84. The van der Waals surface area contributed by atoms with Crippen LogP contribution in [-0.4, -0.2) is 24.2 Å². The van der Waals surface area contributed by atoms with Crippen LogP contribution in [0.1, 0.15) is 12.0 Å². The van der Waals surface area contributed by atoms with Crippen LogP contribution in [0.3, 0.4) is 0 Å². The van der Waals surface area contributed by atoms with Gasteiger partial charge in [-0.2, -0.15) is 0 Å². The summed E-state index contributed by atoms with van der Waals surface area (Å²) in [7, 11) is 0. The average molecular weight is 203 g/mol. The second-order valence-corrected chi connectivity index (χ2v) is 2.95. The normalized spacial score (nSPS) is 8.87.